The van der Waals surface area contributed by atoms with Crippen LogP contribution in [0.4, 0.5) is 0 Å². The molecule has 1 aliphatic rings. The Kier molecular flexibility index (Phi) is 4.52. The first-order valence-corrected chi connectivity index (χ1v) is 6.58. The summed E-state index contributed by atoms with van der Waals surface area (Å²) in [6.07, 6.45) is 2.33. The fourth-order valence-corrected chi connectivity index (χ4v) is 2.19. The summed E-state index contributed by atoms with van der Waals surface area (Å²) >= 11 is 0. The van der Waals surface area contributed by atoms with E-state index in [2.05, 4.69) is 10.6 Å². The first-order chi connectivity index (χ1) is 9.20. The summed E-state index contributed by atoms with van der Waals surface area (Å²) in [4.78, 5) is 23.7. The third-order valence-electron chi connectivity index (χ3n) is 3.21. The number of carbonyl (C=O) groups excluding carboxylic acids is 2. The fraction of sp³-hybridized carbons (Fsp3) is 0.429. The van der Waals surface area contributed by atoms with Crippen molar-refractivity contribution in [2.75, 3.05) is 13.1 Å². The van der Waals surface area contributed by atoms with Crippen LogP contribution in [0, 0.1) is 0 Å². The van der Waals surface area contributed by atoms with Gasteiger partial charge in [-0.3, -0.25) is 9.59 Å². The van der Waals surface area contributed by atoms with Crippen LogP contribution in [-0.4, -0.2) is 30.9 Å². The highest BCUT2D eigenvalue weighted by Crippen LogP contribution is 2.08. The second kappa shape index (κ2) is 6.33. The zero-order valence-corrected chi connectivity index (χ0v) is 10.8. The quantitative estimate of drug-likeness (QED) is 0.723. The first kappa shape index (κ1) is 13.5. The van der Waals surface area contributed by atoms with Gasteiger partial charge in [-0.05, 0) is 43.5 Å². The number of nitrogens with one attached hydrogen (secondary N) is 2. The smallest absolute Gasteiger partial charge is 0.251 e. The largest absolute Gasteiger partial charge is 0.354 e. The van der Waals surface area contributed by atoms with Crippen LogP contribution in [0.3, 0.4) is 0 Å². The number of piperidine rings is 1. The Hall–Kier alpha value is -1.88. The van der Waals surface area contributed by atoms with Crippen molar-refractivity contribution in [2.24, 2.45) is 5.73 Å². The lowest BCUT2D eigenvalue weighted by Gasteiger charge is -2.22. The molecule has 2 amide bonds. The Labute approximate surface area is 112 Å². The van der Waals surface area contributed by atoms with E-state index in [1.54, 1.807) is 6.07 Å². The van der Waals surface area contributed by atoms with Crippen molar-refractivity contribution < 1.29 is 9.59 Å². The lowest BCUT2D eigenvalue weighted by atomic mass is 10.0. The highest BCUT2D eigenvalue weighted by atomic mass is 16.2. The second-order valence-corrected chi connectivity index (χ2v) is 4.70. The van der Waals surface area contributed by atoms with Crippen molar-refractivity contribution in [1.82, 2.24) is 10.6 Å². The van der Waals surface area contributed by atoms with Gasteiger partial charge in [-0.25, -0.2) is 0 Å². The van der Waals surface area contributed by atoms with Crippen LogP contribution in [0.15, 0.2) is 24.3 Å². The number of rotatable bonds is 4. The summed E-state index contributed by atoms with van der Waals surface area (Å²) in [5.41, 5.74) is 7.11. The summed E-state index contributed by atoms with van der Waals surface area (Å²) in [7, 11) is 0. The molecule has 1 aromatic rings. The Morgan fingerprint density at radius 2 is 2.32 bits per heavy atom. The molecule has 19 heavy (non-hydrogen) atoms. The zero-order chi connectivity index (χ0) is 13.7. The van der Waals surface area contributed by atoms with Crippen LogP contribution in [0.25, 0.3) is 0 Å². The van der Waals surface area contributed by atoms with E-state index < -0.39 is 6.04 Å². The minimum Gasteiger partial charge on any atom is -0.354 e. The molecule has 1 atom stereocenters. The molecule has 0 bridgehead atoms. The number of benzene rings is 1. The number of hydrogen-bond donors (Lipinski definition) is 3. The molecule has 0 radical (unpaired) electrons. The molecule has 0 saturated carbocycles. The first-order valence-electron chi connectivity index (χ1n) is 6.58. The normalized spacial score (nSPS) is 18.8. The Balaban J connectivity index is 2.02. The van der Waals surface area contributed by atoms with Crippen molar-refractivity contribution >= 4 is 11.8 Å². The SMILES string of the molecule is NCCc1cccc(C(=O)NC2CCCNC2=O)c1. The summed E-state index contributed by atoms with van der Waals surface area (Å²) in [5, 5.41) is 5.52. The summed E-state index contributed by atoms with van der Waals surface area (Å²) < 4.78 is 0. The van der Waals surface area contributed by atoms with E-state index in [0.717, 1.165) is 18.4 Å². The lowest BCUT2D eigenvalue weighted by molar-refractivity contribution is -0.124. The van der Waals surface area contributed by atoms with Crippen LogP contribution in [-0.2, 0) is 11.2 Å². The molecular weight excluding hydrogens is 242 g/mol. The van der Waals surface area contributed by atoms with E-state index in [1.807, 2.05) is 18.2 Å². The number of amides is 2. The van der Waals surface area contributed by atoms with E-state index in [-0.39, 0.29) is 11.8 Å². The van der Waals surface area contributed by atoms with E-state index in [4.69, 9.17) is 5.73 Å². The van der Waals surface area contributed by atoms with Crippen molar-refractivity contribution in [3.63, 3.8) is 0 Å². The molecule has 4 N–H and O–H groups in total. The number of carbonyl (C=O) groups is 2. The molecule has 5 nitrogen and oxygen atoms in total. The highest BCUT2D eigenvalue weighted by molar-refractivity contribution is 5.97. The van der Waals surface area contributed by atoms with Crippen LogP contribution in [0.2, 0.25) is 0 Å². The van der Waals surface area contributed by atoms with E-state index >= 15 is 0 Å². The van der Waals surface area contributed by atoms with Crippen LogP contribution >= 0.6 is 0 Å². The Morgan fingerprint density at radius 3 is 3.05 bits per heavy atom. The Morgan fingerprint density at radius 1 is 1.47 bits per heavy atom. The molecule has 1 fully saturated rings. The molecule has 5 heteroatoms. The van der Waals surface area contributed by atoms with Gasteiger partial charge in [0.25, 0.3) is 5.91 Å². The molecule has 1 saturated heterocycles. The maximum atomic E-state index is 12.1. The summed E-state index contributed by atoms with van der Waals surface area (Å²) in [6, 6.07) is 6.93. The van der Waals surface area contributed by atoms with Crippen molar-refractivity contribution in [1.29, 1.82) is 0 Å². The molecule has 1 aromatic carbocycles. The monoisotopic (exact) mass is 261 g/mol. The average Bonchev–Trinajstić information content (AvgIpc) is 2.42. The molecule has 1 heterocycles. The minimum atomic E-state index is -0.417. The van der Waals surface area contributed by atoms with Crippen LogP contribution < -0.4 is 16.4 Å². The van der Waals surface area contributed by atoms with Gasteiger partial charge in [0.1, 0.15) is 6.04 Å². The van der Waals surface area contributed by atoms with E-state index in [0.29, 0.717) is 25.1 Å². The third kappa shape index (κ3) is 3.54. The summed E-state index contributed by atoms with van der Waals surface area (Å²) in [5.74, 6) is -0.307. The van der Waals surface area contributed by atoms with Crippen molar-refractivity contribution in [3.05, 3.63) is 35.4 Å². The van der Waals surface area contributed by atoms with Crippen molar-refractivity contribution in [3.8, 4) is 0 Å². The molecule has 102 valence electrons. The van der Waals surface area contributed by atoms with E-state index in [9.17, 15) is 9.59 Å². The van der Waals surface area contributed by atoms with Crippen molar-refractivity contribution in [2.45, 2.75) is 25.3 Å². The van der Waals surface area contributed by atoms with E-state index in [1.165, 1.54) is 0 Å². The average molecular weight is 261 g/mol. The fourth-order valence-electron chi connectivity index (χ4n) is 2.19. The lowest BCUT2D eigenvalue weighted by Crippen LogP contribution is -2.50. The van der Waals surface area contributed by atoms with Gasteiger partial charge >= 0.3 is 0 Å². The second-order valence-electron chi connectivity index (χ2n) is 4.70. The maximum Gasteiger partial charge on any atom is 0.251 e. The molecule has 2 rings (SSSR count). The number of hydrogen-bond acceptors (Lipinski definition) is 3. The topological polar surface area (TPSA) is 84.2 Å². The van der Waals surface area contributed by atoms with Gasteiger partial charge in [-0.15, -0.1) is 0 Å². The molecule has 1 unspecified atom stereocenters. The number of nitrogens with two attached hydrogens (primary N) is 1. The standard InChI is InChI=1S/C14H19N3O2/c15-7-6-10-3-1-4-11(9-10)13(18)17-12-5-2-8-16-14(12)19/h1,3-4,9,12H,2,5-8,15H2,(H,16,19)(H,17,18). The predicted molar refractivity (Wildman–Crippen MR) is 72.7 cm³/mol. The third-order valence-corrected chi connectivity index (χ3v) is 3.21. The van der Waals surface area contributed by atoms with Gasteiger partial charge in [-0.1, -0.05) is 12.1 Å². The molecular formula is C14H19N3O2. The van der Waals surface area contributed by atoms with Gasteiger partial charge in [0, 0.05) is 12.1 Å². The molecule has 0 aliphatic carbocycles. The molecule has 1 aliphatic heterocycles. The van der Waals surface area contributed by atoms with Gasteiger partial charge in [0.15, 0.2) is 0 Å². The van der Waals surface area contributed by atoms with Gasteiger partial charge in [0.2, 0.25) is 5.91 Å². The van der Waals surface area contributed by atoms with Crippen LogP contribution in [0.5, 0.6) is 0 Å². The van der Waals surface area contributed by atoms with Gasteiger partial charge in [0.05, 0.1) is 0 Å². The zero-order valence-electron chi connectivity index (χ0n) is 10.8. The molecule has 0 spiro atoms. The van der Waals surface area contributed by atoms with Crippen LogP contribution in [0.1, 0.15) is 28.8 Å². The minimum absolute atomic E-state index is 0.0993. The molecule has 0 aromatic heterocycles. The highest BCUT2D eigenvalue weighted by Gasteiger charge is 2.23. The predicted octanol–water partition coefficient (Wildman–Crippen LogP) is 0.196. The van der Waals surface area contributed by atoms with Gasteiger partial charge in [-0.2, -0.15) is 0 Å². The maximum absolute atomic E-state index is 12.1. The Bertz CT molecular complexity index is 474. The summed E-state index contributed by atoms with van der Waals surface area (Å²) in [6.45, 7) is 1.24. The van der Waals surface area contributed by atoms with Gasteiger partial charge < -0.3 is 16.4 Å².